The van der Waals surface area contributed by atoms with E-state index in [0.717, 1.165) is 49.6 Å². The number of phenolic OH excluding ortho intramolecular Hbond substituents is 1. The van der Waals surface area contributed by atoms with Crippen molar-refractivity contribution in [2.45, 2.75) is 6.54 Å². The van der Waals surface area contributed by atoms with Crippen LogP contribution in [0.4, 0.5) is 0 Å². The highest BCUT2D eigenvalue weighted by atomic mass is 16.5. The summed E-state index contributed by atoms with van der Waals surface area (Å²) in [6.45, 7) is 4.28. The molecule has 3 rings (SSSR count). The first-order chi connectivity index (χ1) is 8.31. The Morgan fingerprint density at radius 1 is 1.18 bits per heavy atom. The Balaban J connectivity index is 1.80. The zero-order chi connectivity index (χ0) is 11.7. The maximum absolute atomic E-state index is 9.37. The highest BCUT2D eigenvalue weighted by Gasteiger charge is 2.13. The number of rotatable bonds is 2. The molecule has 1 aromatic carbocycles. The normalized spacial score (nSPS) is 17.6. The number of benzene rings is 1. The monoisotopic (exact) mass is 233 g/mol. The van der Waals surface area contributed by atoms with Gasteiger partial charge in [0.15, 0.2) is 0 Å². The molecule has 0 bridgehead atoms. The third kappa shape index (κ3) is 2.28. The zero-order valence-electron chi connectivity index (χ0n) is 9.56. The summed E-state index contributed by atoms with van der Waals surface area (Å²) in [6, 6.07) is 7.23. The fourth-order valence-electron chi connectivity index (χ4n) is 2.13. The van der Waals surface area contributed by atoms with E-state index in [1.807, 2.05) is 12.1 Å². The Hall–Kier alpha value is -1.52. The number of hydrogen-bond donors (Lipinski definition) is 1. The predicted octanol–water partition coefficient (Wildman–Crippen LogP) is 1.97. The number of aromatic hydroxyl groups is 1. The summed E-state index contributed by atoms with van der Waals surface area (Å²) in [5.74, 6) is 1.18. The molecule has 17 heavy (non-hydrogen) atoms. The van der Waals surface area contributed by atoms with E-state index in [9.17, 15) is 5.11 Å². The summed E-state index contributed by atoms with van der Waals surface area (Å²) < 4.78 is 11.0. The molecule has 90 valence electrons. The van der Waals surface area contributed by atoms with Gasteiger partial charge in [-0.2, -0.15) is 0 Å². The Morgan fingerprint density at radius 2 is 2.00 bits per heavy atom. The van der Waals surface area contributed by atoms with Gasteiger partial charge in [-0.25, -0.2) is 0 Å². The molecular formula is C13H15NO3. The molecule has 0 aliphatic carbocycles. The number of hydrogen-bond acceptors (Lipinski definition) is 4. The molecule has 4 heteroatoms. The van der Waals surface area contributed by atoms with E-state index in [2.05, 4.69) is 4.90 Å². The van der Waals surface area contributed by atoms with Gasteiger partial charge >= 0.3 is 0 Å². The van der Waals surface area contributed by atoms with Crippen molar-refractivity contribution in [2.75, 3.05) is 26.3 Å². The first kappa shape index (κ1) is 10.6. The second-order valence-electron chi connectivity index (χ2n) is 4.32. The van der Waals surface area contributed by atoms with Crippen molar-refractivity contribution in [2.24, 2.45) is 0 Å². The maximum atomic E-state index is 9.37. The highest BCUT2D eigenvalue weighted by Crippen LogP contribution is 2.24. The third-order valence-corrected chi connectivity index (χ3v) is 3.04. The molecule has 0 spiro atoms. The van der Waals surface area contributed by atoms with Crippen molar-refractivity contribution in [1.29, 1.82) is 0 Å². The highest BCUT2D eigenvalue weighted by molar-refractivity contribution is 5.79. The molecular weight excluding hydrogens is 218 g/mol. The van der Waals surface area contributed by atoms with Gasteiger partial charge < -0.3 is 14.3 Å². The SMILES string of the molecule is Oc1ccc2cc(CN3CCOCC3)oc2c1. The zero-order valence-corrected chi connectivity index (χ0v) is 9.56. The first-order valence-corrected chi connectivity index (χ1v) is 5.83. The second kappa shape index (κ2) is 4.39. The van der Waals surface area contributed by atoms with Gasteiger partial charge in [-0.1, -0.05) is 0 Å². The molecule has 0 amide bonds. The maximum Gasteiger partial charge on any atom is 0.138 e. The molecule has 0 saturated carbocycles. The smallest absolute Gasteiger partial charge is 0.138 e. The quantitative estimate of drug-likeness (QED) is 0.861. The summed E-state index contributed by atoms with van der Waals surface area (Å²) in [5.41, 5.74) is 0.744. The first-order valence-electron chi connectivity index (χ1n) is 5.83. The average Bonchev–Trinajstić information content (AvgIpc) is 2.71. The Bertz CT molecular complexity index is 514. The molecule has 1 N–H and O–H groups in total. The van der Waals surface area contributed by atoms with Crippen LogP contribution in [0.2, 0.25) is 0 Å². The molecule has 0 unspecified atom stereocenters. The topological polar surface area (TPSA) is 45.8 Å². The van der Waals surface area contributed by atoms with Crippen LogP contribution in [0.15, 0.2) is 28.7 Å². The van der Waals surface area contributed by atoms with Gasteiger partial charge in [-0.15, -0.1) is 0 Å². The molecule has 2 aromatic rings. The van der Waals surface area contributed by atoms with E-state index in [1.54, 1.807) is 12.1 Å². The Morgan fingerprint density at radius 3 is 2.82 bits per heavy atom. The fourth-order valence-corrected chi connectivity index (χ4v) is 2.13. The Kier molecular flexibility index (Phi) is 2.74. The van der Waals surface area contributed by atoms with Crippen LogP contribution in [0.25, 0.3) is 11.0 Å². The fraction of sp³-hybridized carbons (Fsp3) is 0.385. The van der Waals surface area contributed by atoms with Crippen LogP contribution < -0.4 is 0 Å². The van der Waals surface area contributed by atoms with Crippen molar-refractivity contribution in [3.8, 4) is 5.75 Å². The summed E-state index contributed by atoms with van der Waals surface area (Å²) >= 11 is 0. The van der Waals surface area contributed by atoms with Crippen LogP contribution in [-0.2, 0) is 11.3 Å². The van der Waals surface area contributed by atoms with Crippen LogP contribution in [-0.4, -0.2) is 36.3 Å². The lowest BCUT2D eigenvalue weighted by molar-refractivity contribution is 0.0315. The lowest BCUT2D eigenvalue weighted by atomic mass is 10.2. The van der Waals surface area contributed by atoms with Gasteiger partial charge in [0.2, 0.25) is 0 Å². The molecule has 1 aromatic heterocycles. The number of morpholine rings is 1. The summed E-state index contributed by atoms with van der Waals surface area (Å²) in [6.07, 6.45) is 0. The number of furan rings is 1. The van der Waals surface area contributed by atoms with Crippen molar-refractivity contribution >= 4 is 11.0 Å². The van der Waals surface area contributed by atoms with Gasteiger partial charge in [0.05, 0.1) is 19.8 Å². The minimum Gasteiger partial charge on any atom is -0.508 e. The number of fused-ring (bicyclic) bond motifs is 1. The largest absolute Gasteiger partial charge is 0.508 e. The van der Waals surface area contributed by atoms with E-state index in [0.29, 0.717) is 0 Å². The minimum absolute atomic E-state index is 0.241. The molecule has 4 nitrogen and oxygen atoms in total. The van der Waals surface area contributed by atoms with Crippen LogP contribution in [0.5, 0.6) is 5.75 Å². The summed E-state index contributed by atoms with van der Waals surface area (Å²) in [5, 5.41) is 10.4. The lowest BCUT2D eigenvalue weighted by Gasteiger charge is -2.25. The van der Waals surface area contributed by atoms with E-state index >= 15 is 0 Å². The van der Waals surface area contributed by atoms with E-state index in [1.165, 1.54) is 0 Å². The Labute approximate surface area is 99.4 Å². The lowest BCUT2D eigenvalue weighted by Crippen LogP contribution is -2.35. The molecule has 2 heterocycles. The van der Waals surface area contributed by atoms with Gasteiger partial charge in [0.1, 0.15) is 17.1 Å². The predicted molar refractivity (Wildman–Crippen MR) is 64.0 cm³/mol. The molecule has 1 aliphatic rings. The van der Waals surface area contributed by atoms with E-state index in [-0.39, 0.29) is 5.75 Å². The van der Waals surface area contributed by atoms with Crippen molar-refractivity contribution < 1.29 is 14.3 Å². The van der Waals surface area contributed by atoms with Gasteiger partial charge in [0.25, 0.3) is 0 Å². The van der Waals surface area contributed by atoms with E-state index in [4.69, 9.17) is 9.15 Å². The number of ether oxygens (including phenoxy) is 1. The molecule has 0 atom stereocenters. The summed E-state index contributed by atoms with van der Waals surface area (Å²) in [4.78, 5) is 2.31. The standard InChI is InChI=1S/C13H15NO3/c15-11-2-1-10-7-12(17-13(10)8-11)9-14-3-5-16-6-4-14/h1-2,7-8,15H,3-6,9H2. The van der Waals surface area contributed by atoms with Crippen LogP contribution >= 0.6 is 0 Å². The van der Waals surface area contributed by atoms with Crippen LogP contribution in [0, 0.1) is 0 Å². The van der Waals surface area contributed by atoms with Crippen LogP contribution in [0.1, 0.15) is 5.76 Å². The molecule has 1 aliphatic heterocycles. The number of nitrogens with zero attached hydrogens (tertiary/aromatic N) is 1. The molecule has 1 fully saturated rings. The third-order valence-electron chi connectivity index (χ3n) is 3.04. The average molecular weight is 233 g/mol. The van der Waals surface area contributed by atoms with Crippen molar-refractivity contribution in [1.82, 2.24) is 4.90 Å². The van der Waals surface area contributed by atoms with Gasteiger partial charge in [0, 0.05) is 24.5 Å². The second-order valence-corrected chi connectivity index (χ2v) is 4.32. The van der Waals surface area contributed by atoms with Gasteiger partial charge in [-0.05, 0) is 18.2 Å². The number of phenols is 1. The summed E-state index contributed by atoms with van der Waals surface area (Å²) in [7, 11) is 0. The minimum atomic E-state index is 0.241. The van der Waals surface area contributed by atoms with E-state index < -0.39 is 0 Å². The van der Waals surface area contributed by atoms with Crippen molar-refractivity contribution in [3.05, 3.63) is 30.0 Å². The van der Waals surface area contributed by atoms with Crippen LogP contribution in [0.3, 0.4) is 0 Å². The molecule has 0 radical (unpaired) electrons. The van der Waals surface area contributed by atoms with Crippen molar-refractivity contribution in [3.63, 3.8) is 0 Å². The van der Waals surface area contributed by atoms with Gasteiger partial charge in [-0.3, -0.25) is 4.90 Å². The molecule has 1 saturated heterocycles.